The van der Waals surface area contributed by atoms with Crippen molar-refractivity contribution >= 4 is 16.9 Å². The third kappa shape index (κ3) is 4.92. The number of para-hydroxylation sites is 1. The van der Waals surface area contributed by atoms with E-state index in [-0.39, 0.29) is 0 Å². The first-order valence-electron chi connectivity index (χ1n) is 9.29. The molecule has 0 amide bonds. The molecule has 1 aliphatic rings. The van der Waals surface area contributed by atoms with Gasteiger partial charge in [-0.2, -0.15) is 0 Å². The third-order valence-electron chi connectivity index (χ3n) is 4.77. The molecule has 2 aromatic rings. The number of hydrogen-bond donors (Lipinski definition) is 2. The molecule has 1 saturated heterocycles. The molecular weight excluding hydrogens is 310 g/mol. The standard InChI is InChI=1S/C20H29N5/c1-3-21-20(23-13-16-7-6-12-25(2)15-16)24-14-17-10-11-22-19-9-5-4-8-18(17)19/h4-5,8-11,16H,3,6-7,12-15H2,1-2H3,(H2,21,23,24). The van der Waals surface area contributed by atoms with E-state index in [1.807, 2.05) is 18.3 Å². The lowest BCUT2D eigenvalue weighted by atomic mass is 9.99. The zero-order chi connectivity index (χ0) is 17.5. The van der Waals surface area contributed by atoms with E-state index in [4.69, 9.17) is 4.99 Å². The van der Waals surface area contributed by atoms with E-state index < -0.39 is 0 Å². The van der Waals surface area contributed by atoms with Gasteiger partial charge in [-0.15, -0.1) is 0 Å². The van der Waals surface area contributed by atoms with Gasteiger partial charge < -0.3 is 15.5 Å². The van der Waals surface area contributed by atoms with Crippen molar-refractivity contribution in [3.05, 3.63) is 42.1 Å². The predicted molar refractivity (Wildman–Crippen MR) is 105 cm³/mol. The molecule has 2 N–H and O–H groups in total. The lowest BCUT2D eigenvalue weighted by Crippen LogP contribution is -2.43. The monoisotopic (exact) mass is 339 g/mol. The molecule has 0 radical (unpaired) electrons. The summed E-state index contributed by atoms with van der Waals surface area (Å²) in [7, 11) is 2.21. The number of guanidine groups is 1. The Hall–Kier alpha value is -2.14. The van der Waals surface area contributed by atoms with Crippen molar-refractivity contribution in [2.75, 3.05) is 33.2 Å². The Morgan fingerprint density at radius 1 is 1.28 bits per heavy atom. The van der Waals surface area contributed by atoms with Gasteiger partial charge in [0.1, 0.15) is 0 Å². The van der Waals surface area contributed by atoms with Crippen LogP contribution in [0.25, 0.3) is 10.9 Å². The van der Waals surface area contributed by atoms with Crippen LogP contribution in [0.15, 0.2) is 41.5 Å². The second-order valence-corrected chi connectivity index (χ2v) is 6.83. The second kappa shape index (κ2) is 8.81. The Morgan fingerprint density at radius 3 is 3.00 bits per heavy atom. The van der Waals surface area contributed by atoms with Crippen LogP contribution in [0.1, 0.15) is 25.3 Å². The first-order valence-corrected chi connectivity index (χ1v) is 9.29. The summed E-state index contributed by atoms with van der Waals surface area (Å²) < 4.78 is 0. The van der Waals surface area contributed by atoms with Gasteiger partial charge in [-0.1, -0.05) is 18.2 Å². The van der Waals surface area contributed by atoms with Crippen LogP contribution >= 0.6 is 0 Å². The van der Waals surface area contributed by atoms with Gasteiger partial charge in [0.15, 0.2) is 5.96 Å². The molecule has 1 aromatic carbocycles. The van der Waals surface area contributed by atoms with Gasteiger partial charge in [0.05, 0.1) is 12.1 Å². The number of aliphatic imine (C=N–C) groups is 1. The highest BCUT2D eigenvalue weighted by molar-refractivity contribution is 5.83. The number of likely N-dealkylation sites (tertiary alicyclic amines) is 1. The number of aromatic nitrogens is 1. The molecule has 0 spiro atoms. The summed E-state index contributed by atoms with van der Waals surface area (Å²) in [6, 6.07) is 10.3. The number of fused-ring (bicyclic) bond motifs is 1. The van der Waals surface area contributed by atoms with Crippen molar-refractivity contribution in [1.82, 2.24) is 20.5 Å². The fourth-order valence-corrected chi connectivity index (χ4v) is 3.48. The van der Waals surface area contributed by atoms with Gasteiger partial charge >= 0.3 is 0 Å². The summed E-state index contributed by atoms with van der Waals surface area (Å²) in [5.41, 5.74) is 2.23. The number of rotatable bonds is 5. The van der Waals surface area contributed by atoms with Gasteiger partial charge in [0.25, 0.3) is 0 Å². The molecule has 5 heteroatoms. The minimum absolute atomic E-state index is 0.656. The van der Waals surface area contributed by atoms with Crippen molar-refractivity contribution < 1.29 is 0 Å². The molecule has 0 saturated carbocycles. The molecule has 1 unspecified atom stereocenters. The summed E-state index contributed by atoms with van der Waals surface area (Å²) in [4.78, 5) is 11.6. The highest BCUT2D eigenvalue weighted by Crippen LogP contribution is 2.17. The number of nitrogens with zero attached hydrogens (tertiary/aromatic N) is 3. The van der Waals surface area contributed by atoms with Crippen molar-refractivity contribution in [1.29, 1.82) is 0 Å². The molecule has 2 heterocycles. The smallest absolute Gasteiger partial charge is 0.191 e. The van der Waals surface area contributed by atoms with E-state index in [2.05, 4.69) is 52.7 Å². The molecule has 0 aliphatic carbocycles. The van der Waals surface area contributed by atoms with Crippen LogP contribution in [0.4, 0.5) is 0 Å². The zero-order valence-electron chi connectivity index (χ0n) is 15.3. The first kappa shape index (κ1) is 17.7. The summed E-state index contributed by atoms with van der Waals surface area (Å²) in [5.74, 6) is 1.60. The normalized spacial score (nSPS) is 19.1. The van der Waals surface area contributed by atoms with Crippen molar-refractivity contribution in [2.45, 2.75) is 26.3 Å². The fraction of sp³-hybridized carbons (Fsp3) is 0.500. The fourth-order valence-electron chi connectivity index (χ4n) is 3.48. The van der Waals surface area contributed by atoms with Crippen LogP contribution in [-0.2, 0) is 6.54 Å². The molecule has 0 bridgehead atoms. The second-order valence-electron chi connectivity index (χ2n) is 6.83. The summed E-state index contributed by atoms with van der Waals surface area (Å²) in [6.07, 6.45) is 4.46. The molecule has 5 nitrogen and oxygen atoms in total. The van der Waals surface area contributed by atoms with Crippen LogP contribution in [0, 0.1) is 5.92 Å². The summed E-state index contributed by atoms with van der Waals surface area (Å²) in [5, 5.41) is 8.07. The van der Waals surface area contributed by atoms with Crippen LogP contribution in [-0.4, -0.2) is 49.1 Å². The topological polar surface area (TPSA) is 52.6 Å². The van der Waals surface area contributed by atoms with Crippen LogP contribution in [0.2, 0.25) is 0 Å². The Balaban J connectivity index is 1.65. The van der Waals surface area contributed by atoms with Gasteiger partial charge in [-0.05, 0) is 57.0 Å². The maximum atomic E-state index is 4.79. The Morgan fingerprint density at radius 2 is 2.16 bits per heavy atom. The Bertz CT molecular complexity index is 707. The largest absolute Gasteiger partial charge is 0.357 e. The van der Waals surface area contributed by atoms with Crippen LogP contribution < -0.4 is 10.6 Å². The highest BCUT2D eigenvalue weighted by atomic mass is 15.2. The lowest BCUT2D eigenvalue weighted by Gasteiger charge is -2.30. The van der Waals surface area contributed by atoms with E-state index in [1.165, 1.54) is 36.9 Å². The van der Waals surface area contributed by atoms with Crippen molar-refractivity contribution in [2.24, 2.45) is 10.9 Å². The van der Waals surface area contributed by atoms with Gasteiger partial charge in [-0.25, -0.2) is 4.99 Å². The molecule has 1 fully saturated rings. The zero-order valence-corrected chi connectivity index (χ0v) is 15.3. The molecule has 25 heavy (non-hydrogen) atoms. The van der Waals surface area contributed by atoms with Crippen molar-refractivity contribution in [3.8, 4) is 0 Å². The van der Waals surface area contributed by atoms with E-state index in [1.54, 1.807) is 0 Å². The number of benzene rings is 1. The van der Waals surface area contributed by atoms with E-state index >= 15 is 0 Å². The lowest BCUT2D eigenvalue weighted by molar-refractivity contribution is 0.210. The average molecular weight is 339 g/mol. The Labute approximate surface area is 150 Å². The maximum absolute atomic E-state index is 4.79. The van der Waals surface area contributed by atoms with Gasteiger partial charge in [0, 0.05) is 31.2 Å². The maximum Gasteiger partial charge on any atom is 0.191 e. The first-order chi connectivity index (χ1) is 12.3. The highest BCUT2D eigenvalue weighted by Gasteiger charge is 2.17. The number of hydrogen-bond acceptors (Lipinski definition) is 3. The number of nitrogens with one attached hydrogen (secondary N) is 2. The molecule has 1 atom stereocenters. The molecular formula is C20H29N5. The van der Waals surface area contributed by atoms with Crippen LogP contribution in [0.3, 0.4) is 0 Å². The molecule has 3 rings (SSSR count). The Kier molecular flexibility index (Phi) is 6.23. The van der Waals surface area contributed by atoms with Crippen LogP contribution in [0.5, 0.6) is 0 Å². The SMILES string of the molecule is CCNC(=NCc1ccnc2ccccc12)NCC1CCCN(C)C1. The minimum atomic E-state index is 0.656. The number of pyridine rings is 1. The summed E-state index contributed by atoms with van der Waals surface area (Å²) >= 11 is 0. The average Bonchev–Trinajstić information content (AvgIpc) is 2.64. The quantitative estimate of drug-likeness (QED) is 0.649. The number of piperidine rings is 1. The van der Waals surface area contributed by atoms with E-state index in [0.717, 1.165) is 24.6 Å². The van der Waals surface area contributed by atoms with Crippen molar-refractivity contribution in [3.63, 3.8) is 0 Å². The van der Waals surface area contributed by atoms with E-state index in [0.29, 0.717) is 12.5 Å². The van der Waals surface area contributed by atoms with E-state index in [9.17, 15) is 0 Å². The molecule has 1 aliphatic heterocycles. The molecule has 1 aromatic heterocycles. The third-order valence-corrected chi connectivity index (χ3v) is 4.77. The van der Waals surface area contributed by atoms with Gasteiger partial charge in [-0.3, -0.25) is 4.98 Å². The van der Waals surface area contributed by atoms with Gasteiger partial charge in [0.2, 0.25) is 0 Å². The minimum Gasteiger partial charge on any atom is -0.357 e. The predicted octanol–water partition coefficient (Wildman–Crippen LogP) is 2.63. The summed E-state index contributed by atoms with van der Waals surface area (Å²) in [6.45, 7) is 7.00. The molecule has 134 valence electrons.